The number of nitrogens with zero attached hydrogens (tertiary/aromatic N) is 2. The number of carbonyl (C=O) groups excluding carboxylic acids is 2. The maximum atomic E-state index is 13.0. The molecule has 2 fully saturated rings. The molecule has 8 nitrogen and oxygen atoms in total. The Balaban J connectivity index is 1.74. The van der Waals surface area contributed by atoms with E-state index in [0.717, 1.165) is 4.90 Å². The highest BCUT2D eigenvalue weighted by Gasteiger charge is 2.61. The number of rotatable bonds is 4. The van der Waals surface area contributed by atoms with Gasteiger partial charge in [-0.1, -0.05) is 18.2 Å². The van der Waals surface area contributed by atoms with Crippen LogP contribution in [-0.2, 0) is 20.9 Å². The van der Waals surface area contributed by atoms with Gasteiger partial charge in [-0.15, -0.1) is 0 Å². The molecule has 3 heterocycles. The lowest BCUT2D eigenvalue weighted by atomic mass is 9.85. The van der Waals surface area contributed by atoms with Crippen molar-refractivity contribution in [2.24, 2.45) is 11.8 Å². The first-order chi connectivity index (χ1) is 13.0. The molecular weight excluding hydrogens is 350 g/mol. The van der Waals surface area contributed by atoms with Gasteiger partial charge in [0.15, 0.2) is 0 Å². The van der Waals surface area contributed by atoms with Gasteiger partial charge in [0.05, 0.1) is 36.3 Å². The molecule has 1 aromatic heterocycles. The van der Waals surface area contributed by atoms with Gasteiger partial charge in [0.2, 0.25) is 11.8 Å². The summed E-state index contributed by atoms with van der Waals surface area (Å²) in [5.74, 6) is -3.69. The van der Waals surface area contributed by atoms with E-state index in [4.69, 9.17) is 4.42 Å². The third-order valence-corrected chi connectivity index (χ3v) is 5.14. The Bertz CT molecular complexity index is 962. The molecule has 0 saturated carbocycles. The van der Waals surface area contributed by atoms with Gasteiger partial charge >= 0.3 is 5.97 Å². The van der Waals surface area contributed by atoms with Crippen molar-refractivity contribution in [2.75, 3.05) is 0 Å². The lowest BCUT2D eigenvalue weighted by Gasteiger charge is -2.21. The molecule has 136 valence electrons. The molecule has 1 aromatic carbocycles. The van der Waals surface area contributed by atoms with Crippen LogP contribution < -0.4 is 5.32 Å². The first-order valence-electron chi connectivity index (χ1n) is 8.38. The van der Waals surface area contributed by atoms with Crippen LogP contribution in [0, 0.1) is 23.2 Å². The predicted octanol–water partition coefficient (Wildman–Crippen LogP) is 1.05. The van der Waals surface area contributed by atoms with Crippen molar-refractivity contribution in [1.82, 2.24) is 10.2 Å². The summed E-state index contributed by atoms with van der Waals surface area (Å²) in [6, 6.07) is 10.1. The van der Waals surface area contributed by atoms with Crippen molar-refractivity contribution in [3.05, 3.63) is 59.5 Å². The minimum atomic E-state index is -1.21. The van der Waals surface area contributed by atoms with Crippen LogP contribution in [0.3, 0.4) is 0 Å². The smallest absolute Gasteiger partial charge is 0.321 e. The maximum Gasteiger partial charge on any atom is 0.321 e. The Kier molecular flexibility index (Phi) is 4.01. The molecular formula is C19H15N3O5. The van der Waals surface area contributed by atoms with Crippen molar-refractivity contribution < 1.29 is 23.9 Å². The van der Waals surface area contributed by atoms with Crippen LogP contribution >= 0.6 is 0 Å². The third kappa shape index (κ3) is 2.60. The average molecular weight is 365 g/mol. The van der Waals surface area contributed by atoms with Crippen LogP contribution in [0.5, 0.6) is 0 Å². The van der Waals surface area contributed by atoms with Crippen LogP contribution in [0.4, 0.5) is 0 Å². The largest absolute Gasteiger partial charge is 0.480 e. The zero-order chi connectivity index (χ0) is 19.1. The van der Waals surface area contributed by atoms with E-state index < -0.39 is 41.7 Å². The first-order valence-corrected chi connectivity index (χ1v) is 8.38. The van der Waals surface area contributed by atoms with E-state index in [-0.39, 0.29) is 6.54 Å². The number of imide groups is 1. The van der Waals surface area contributed by atoms with Crippen LogP contribution in [0.25, 0.3) is 0 Å². The number of nitrogens with one attached hydrogen (secondary N) is 1. The van der Waals surface area contributed by atoms with Crippen molar-refractivity contribution in [3.63, 3.8) is 0 Å². The van der Waals surface area contributed by atoms with Crippen molar-refractivity contribution >= 4 is 17.8 Å². The van der Waals surface area contributed by atoms with Crippen LogP contribution in [0.2, 0.25) is 0 Å². The number of furan rings is 1. The highest BCUT2D eigenvalue weighted by molar-refractivity contribution is 6.08. The van der Waals surface area contributed by atoms with E-state index in [1.54, 1.807) is 36.4 Å². The number of carboxylic acids is 1. The third-order valence-electron chi connectivity index (χ3n) is 5.14. The second kappa shape index (κ2) is 6.37. The number of amides is 2. The first kappa shape index (κ1) is 17.0. The minimum absolute atomic E-state index is 0.0450. The predicted molar refractivity (Wildman–Crippen MR) is 89.7 cm³/mol. The van der Waals surface area contributed by atoms with Gasteiger partial charge < -0.3 is 9.52 Å². The molecule has 4 rings (SSSR count). The van der Waals surface area contributed by atoms with Gasteiger partial charge in [-0.05, 0) is 23.8 Å². The van der Waals surface area contributed by atoms with Crippen LogP contribution in [0.1, 0.15) is 22.9 Å². The molecule has 2 saturated heterocycles. The number of hydrogen-bond acceptors (Lipinski definition) is 6. The highest BCUT2D eigenvalue weighted by Crippen LogP contribution is 2.45. The molecule has 0 spiro atoms. The lowest BCUT2D eigenvalue weighted by molar-refractivity contribution is -0.146. The fourth-order valence-electron chi connectivity index (χ4n) is 3.97. The van der Waals surface area contributed by atoms with Crippen LogP contribution in [0.15, 0.2) is 47.1 Å². The van der Waals surface area contributed by atoms with Gasteiger partial charge in [0.1, 0.15) is 11.8 Å². The van der Waals surface area contributed by atoms with Crippen molar-refractivity contribution in [2.45, 2.75) is 18.6 Å². The number of hydrogen-bond donors (Lipinski definition) is 2. The highest BCUT2D eigenvalue weighted by atomic mass is 16.4. The SMILES string of the molecule is N#Cc1ccccc1C1NC(C(=O)O)C2C(=O)N(Cc3ccco3)C(=O)C12. The molecule has 4 unspecified atom stereocenters. The molecule has 2 N–H and O–H groups in total. The molecule has 2 aliphatic heterocycles. The fourth-order valence-corrected chi connectivity index (χ4v) is 3.97. The monoisotopic (exact) mass is 365 g/mol. The van der Waals surface area contributed by atoms with Gasteiger partial charge in [-0.25, -0.2) is 0 Å². The zero-order valence-electron chi connectivity index (χ0n) is 14.0. The summed E-state index contributed by atoms with van der Waals surface area (Å²) in [6.07, 6.45) is 1.44. The maximum absolute atomic E-state index is 13.0. The molecule has 2 aromatic rings. The number of likely N-dealkylation sites (tertiary alicyclic amines) is 1. The normalized spacial score (nSPS) is 26.9. The second-order valence-corrected chi connectivity index (χ2v) is 6.55. The molecule has 0 aliphatic carbocycles. The molecule has 2 aliphatic rings. The Morgan fingerprint density at radius 1 is 1.19 bits per heavy atom. The van der Waals surface area contributed by atoms with Crippen molar-refractivity contribution in [3.8, 4) is 6.07 Å². The summed E-state index contributed by atoms with van der Waals surface area (Å²) in [6.45, 7) is -0.0450. The van der Waals surface area contributed by atoms with E-state index in [2.05, 4.69) is 11.4 Å². The Labute approximate surface area is 154 Å². The number of benzene rings is 1. The Morgan fingerprint density at radius 2 is 1.93 bits per heavy atom. The van der Waals surface area contributed by atoms with E-state index in [1.165, 1.54) is 6.26 Å². The molecule has 4 atom stereocenters. The summed E-state index contributed by atoms with van der Waals surface area (Å²) in [4.78, 5) is 38.7. The molecule has 0 bridgehead atoms. The number of fused-ring (bicyclic) bond motifs is 1. The number of carboxylic acid groups (broad SMARTS) is 1. The van der Waals surface area contributed by atoms with E-state index in [9.17, 15) is 24.8 Å². The molecule has 27 heavy (non-hydrogen) atoms. The Morgan fingerprint density at radius 3 is 2.59 bits per heavy atom. The van der Waals surface area contributed by atoms with E-state index in [1.807, 2.05) is 0 Å². The standard InChI is InChI=1S/C19H15N3O5/c20-8-10-4-1-2-6-12(10)15-13-14(16(21-15)19(25)26)18(24)22(17(13)23)9-11-5-3-7-27-11/h1-7,13-16,21H,9H2,(H,25,26). The summed E-state index contributed by atoms with van der Waals surface area (Å²) in [5.41, 5.74) is 0.851. The molecule has 8 heteroatoms. The zero-order valence-corrected chi connectivity index (χ0v) is 14.0. The van der Waals surface area contributed by atoms with Crippen LogP contribution in [-0.4, -0.2) is 33.8 Å². The summed E-state index contributed by atoms with van der Waals surface area (Å²) < 4.78 is 5.22. The fraction of sp³-hybridized carbons (Fsp3) is 0.263. The number of carbonyl (C=O) groups is 3. The quantitative estimate of drug-likeness (QED) is 0.776. The van der Waals surface area contributed by atoms with Gasteiger partial charge in [-0.2, -0.15) is 5.26 Å². The van der Waals surface area contributed by atoms with E-state index in [0.29, 0.717) is 16.9 Å². The average Bonchev–Trinajstić information content (AvgIpc) is 3.36. The summed E-state index contributed by atoms with van der Waals surface area (Å²) >= 11 is 0. The minimum Gasteiger partial charge on any atom is -0.480 e. The van der Waals surface area contributed by atoms with E-state index >= 15 is 0 Å². The molecule has 0 radical (unpaired) electrons. The van der Waals surface area contributed by atoms with Gasteiger partial charge in [0.25, 0.3) is 0 Å². The lowest BCUT2D eigenvalue weighted by Crippen LogP contribution is -2.42. The molecule has 2 amide bonds. The van der Waals surface area contributed by atoms with Crippen molar-refractivity contribution in [1.29, 1.82) is 5.26 Å². The number of aliphatic carboxylic acids is 1. The van der Waals surface area contributed by atoms with Gasteiger partial charge in [0, 0.05) is 6.04 Å². The second-order valence-electron chi connectivity index (χ2n) is 6.55. The Hall–Kier alpha value is -3.44. The topological polar surface area (TPSA) is 124 Å². The number of nitriles is 1. The van der Waals surface area contributed by atoms with Gasteiger partial charge in [-0.3, -0.25) is 24.6 Å². The summed E-state index contributed by atoms with van der Waals surface area (Å²) in [7, 11) is 0. The summed E-state index contributed by atoms with van der Waals surface area (Å²) in [5, 5.41) is 21.8.